The highest BCUT2D eigenvalue weighted by Crippen LogP contribution is 2.40. The monoisotopic (exact) mass is 432 g/mol. The number of rotatable bonds is 6. The van der Waals surface area contributed by atoms with Crippen LogP contribution in [0.5, 0.6) is 5.75 Å². The average Bonchev–Trinajstić information content (AvgIpc) is 2.78. The van der Waals surface area contributed by atoms with Crippen LogP contribution in [0.1, 0.15) is 28.8 Å². The smallest absolute Gasteiger partial charge is 0.339 e. The normalized spacial score (nSPS) is 15.2. The van der Waals surface area contributed by atoms with Crippen molar-refractivity contribution in [2.75, 3.05) is 39.3 Å². The van der Waals surface area contributed by atoms with E-state index in [1.165, 1.54) is 7.11 Å². The Bertz CT molecular complexity index is 912. The molecule has 2 amide bonds. The number of para-hydroxylation sites is 1. The number of hydrogen-bond donors (Lipinski definition) is 2. The van der Waals surface area contributed by atoms with Gasteiger partial charge in [0.25, 0.3) is 0 Å². The third-order valence-electron chi connectivity index (χ3n) is 5.35. The number of amides is 2. The van der Waals surface area contributed by atoms with Gasteiger partial charge in [-0.3, -0.25) is 0 Å². The van der Waals surface area contributed by atoms with Crippen molar-refractivity contribution in [3.05, 3.63) is 58.6 Å². The second kappa shape index (κ2) is 9.82. The van der Waals surface area contributed by atoms with Crippen molar-refractivity contribution < 1.29 is 23.8 Å². The van der Waals surface area contributed by atoms with Crippen molar-refractivity contribution in [2.45, 2.75) is 18.3 Å². The molecular weight excluding hydrogens is 408 g/mol. The summed E-state index contributed by atoms with van der Waals surface area (Å²) in [5, 5.41) is 6.28. The van der Waals surface area contributed by atoms with Gasteiger partial charge in [-0.2, -0.15) is 0 Å². The van der Waals surface area contributed by atoms with E-state index in [2.05, 4.69) is 10.6 Å². The number of halogens is 1. The molecule has 2 aromatic carbocycles. The molecule has 7 nitrogen and oxygen atoms in total. The third kappa shape index (κ3) is 4.86. The first-order valence-corrected chi connectivity index (χ1v) is 10.0. The largest absolute Gasteiger partial charge is 0.496 e. The first-order chi connectivity index (χ1) is 14.5. The molecule has 1 fully saturated rings. The standard InChI is InChI=1S/C22H25ClN2O5/c1-28-19-8-7-15(23)13-17(19)22(9-11-30-12-10-22)14-24-21(27)25-18-6-4-3-5-16(18)20(26)29-2/h3-8,13H,9-12,14H2,1-2H3,(H2,24,25,27). The fraction of sp³-hybridized carbons (Fsp3) is 0.364. The van der Waals surface area contributed by atoms with Crippen LogP contribution in [0.15, 0.2) is 42.5 Å². The number of methoxy groups -OCH3 is 2. The van der Waals surface area contributed by atoms with E-state index < -0.39 is 12.0 Å². The maximum atomic E-state index is 12.7. The van der Waals surface area contributed by atoms with Gasteiger partial charge in [-0.25, -0.2) is 9.59 Å². The van der Waals surface area contributed by atoms with E-state index in [0.717, 1.165) is 11.3 Å². The fourth-order valence-corrected chi connectivity index (χ4v) is 3.87. The summed E-state index contributed by atoms with van der Waals surface area (Å²) in [5.74, 6) is 0.204. The van der Waals surface area contributed by atoms with Crippen molar-refractivity contribution >= 4 is 29.3 Å². The Morgan fingerprint density at radius 1 is 1.13 bits per heavy atom. The molecule has 0 aromatic heterocycles. The number of ether oxygens (including phenoxy) is 3. The summed E-state index contributed by atoms with van der Waals surface area (Å²) in [4.78, 5) is 24.6. The Kier molecular flexibility index (Phi) is 7.18. The van der Waals surface area contributed by atoms with Gasteiger partial charge >= 0.3 is 12.0 Å². The van der Waals surface area contributed by atoms with Crippen LogP contribution in [0.3, 0.4) is 0 Å². The molecule has 1 aliphatic rings. The molecule has 8 heteroatoms. The molecule has 0 aliphatic carbocycles. The summed E-state index contributed by atoms with van der Waals surface area (Å²) in [6.45, 7) is 1.51. The van der Waals surface area contributed by atoms with E-state index in [0.29, 0.717) is 43.3 Å². The topological polar surface area (TPSA) is 85.9 Å². The van der Waals surface area contributed by atoms with Crippen LogP contribution in [0.2, 0.25) is 5.02 Å². The highest BCUT2D eigenvalue weighted by Gasteiger charge is 2.37. The van der Waals surface area contributed by atoms with E-state index in [-0.39, 0.29) is 11.0 Å². The van der Waals surface area contributed by atoms with E-state index in [9.17, 15) is 9.59 Å². The van der Waals surface area contributed by atoms with Gasteiger partial charge in [-0.15, -0.1) is 0 Å². The summed E-state index contributed by atoms with van der Waals surface area (Å²) in [6, 6.07) is 11.8. The minimum atomic E-state index is -0.518. The Hall–Kier alpha value is -2.77. The van der Waals surface area contributed by atoms with Gasteiger partial charge in [-0.1, -0.05) is 23.7 Å². The number of carbonyl (C=O) groups excluding carboxylic acids is 2. The number of nitrogens with one attached hydrogen (secondary N) is 2. The zero-order chi connectivity index (χ0) is 21.6. The van der Waals surface area contributed by atoms with Gasteiger partial charge in [0.15, 0.2) is 0 Å². The summed E-state index contributed by atoms with van der Waals surface area (Å²) in [7, 11) is 2.91. The van der Waals surface area contributed by atoms with Crippen LogP contribution in [-0.4, -0.2) is 46.0 Å². The molecule has 3 rings (SSSR count). The molecule has 1 aliphatic heterocycles. The van der Waals surface area contributed by atoms with E-state index in [4.69, 9.17) is 25.8 Å². The molecule has 0 saturated carbocycles. The lowest BCUT2D eigenvalue weighted by atomic mass is 9.73. The number of urea groups is 1. The molecular formula is C22H25ClN2O5. The Morgan fingerprint density at radius 3 is 2.57 bits per heavy atom. The minimum Gasteiger partial charge on any atom is -0.496 e. The first kappa shape index (κ1) is 21.9. The molecule has 1 heterocycles. The lowest BCUT2D eigenvalue weighted by Crippen LogP contribution is -2.46. The van der Waals surface area contributed by atoms with Gasteiger partial charge < -0.3 is 24.8 Å². The second-order valence-corrected chi connectivity index (χ2v) is 7.52. The molecule has 2 aromatic rings. The van der Waals surface area contributed by atoms with Crippen molar-refractivity contribution in [3.63, 3.8) is 0 Å². The van der Waals surface area contributed by atoms with E-state index >= 15 is 0 Å². The summed E-state index contributed by atoms with van der Waals surface area (Å²) < 4.78 is 15.9. The molecule has 1 saturated heterocycles. The van der Waals surface area contributed by atoms with E-state index in [1.54, 1.807) is 37.4 Å². The molecule has 0 radical (unpaired) electrons. The maximum absolute atomic E-state index is 12.7. The molecule has 0 atom stereocenters. The zero-order valence-corrected chi connectivity index (χ0v) is 17.8. The highest BCUT2D eigenvalue weighted by atomic mass is 35.5. The van der Waals surface area contributed by atoms with Crippen LogP contribution < -0.4 is 15.4 Å². The quantitative estimate of drug-likeness (QED) is 0.674. The SMILES string of the molecule is COC(=O)c1ccccc1NC(=O)NCC1(c2cc(Cl)ccc2OC)CCOCC1. The summed E-state index contributed by atoms with van der Waals surface area (Å²) in [6.07, 6.45) is 1.42. The first-order valence-electron chi connectivity index (χ1n) is 9.63. The van der Waals surface area contributed by atoms with Crippen LogP contribution >= 0.6 is 11.6 Å². The van der Waals surface area contributed by atoms with Gasteiger partial charge in [0.2, 0.25) is 0 Å². The Labute approximate surface area is 180 Å². The second-order valence-electron chi connectivity index (χ2n) is 7.08. The van der Waals surface area contributed by atoms with Crippen LogP contribution in [0.25, 0.3) is 0 Å². The van der Waals surface area contributed by atoms with E-state index in [1.807, 2.05) is 12.1 Å². The molecule has 30 heavy (non-hydrogen) atoms. The van der Waals surface area contributed by atoms with Crippen LogP contribution in [0.4, 0.5) is 10.5 Å². The van der Waals surface area contributed by atoms with Gasteiger partial charge in [-0.05, 0) is 43.2 Å². The van der Waals surface area contributed by atoms with Crippen molar-refractivity contribution in [2.24, 2.45) is 0 Å². The van der Waals surface area contributed by atoms with Crippen molar-refractivity contribution in [1.82, 2.24) is 5.32 Å². The van der Waals surface area contributed by atoms with Crippen molar-refractivity contribution in [1.29, 1.82) is 0 Å². The van der Waals surface area contributed by atoms with Crippen LogP contribution in [-0.2, 0) is 14.9 Å². The number of esters is 1. The van der Waals surface area contributed by atoms with Crippen LogP contribution in [0, 0.1) is 0 Å². The zero-order valence-electron chi connectivity index (χ0n) is 17.0. The molecule has 0 spiro atoms. The Balaban J connectivity index is 1.79. The lowest BCUT2D eigenvalue weighted by molar-refractivity contribution is 0.0500. The number of anilines is 1. The lowest BCUT2D eigenvalue weighted by Gasteiger charge is -2.38. The minimum absolute atomic E-state index is 0.285. The van der Waals surface area contributed by atoms with Crippen molar-refractivity contribution in [3.8, 4) is 5.75 Å². The fourth-order valence-electron chi connectivity index (χ4n) is 3.69. The molecule has 0 bridgehead atoms. The number of hydrogen-bond acceptors (Lipinski definition) is 5. The maximum Gasteiger partial charge on any atom is 0.339 e. The Morgan fingerprint density at radius 2 is 1.87 bits per heavy atom. The molecule has 160 valence electrons. The predicted octanol–water partition coefficient (Wildman–Crippen LogP) is 4.01. The van der Waals surface area contributed by atoms with Gasteiger partial charge in [0.05, 0.1) is 25.5 Å². The third-order valence-corrected chi connectivity index (χ3v) is 5.59. The molecule has 0 unspecified atom stereocenters. The number of benzene rings is 2. The summed E-state index contributed by atoms with van der Waals surface area (Å²) >= 11 is 6.26. The summed E-state index contributed by atoms with van der Waals surface area (Å²) in [5.41, 5.74) is 1.22. The highest BCUT2D eigenvalue weighted by molar-refractivity contribution is 6.30. The van der Waals surface area contributed by atoms with Gasteiger partial charge in [0.1, 0.15) is 5.75 Å². The number of carbonyl (C=O) groups is 2. The average molecular weight is 433 g/mol. The van der Waals surface area contributed by atoms with Gasteiger partial charge in [0, 0.05) is 35.8 Å². The predicted molar refractivity (Wildman–Crippen MR) is 115 cm³/mol. The molecule has 2 N–H and O–H groups in total.